The number of aliphatic hydroxyl groups excluding tert-OH is 1. The van der Waals surface area contributed by atoms with Gasteiger partial charge in [-0.1, -0.05) is 13.8 Å². The first kappa shape index (κ1) is 24.6. The fraction of sp³-hybridized carbons (Fsp3) is 0.150. The Kier molecular flexibility index (Phi) is 12.7. The molecule has 31 heavy (non-hydrogen) atoms. The van der Waals surface area contributed by atoms with Gasteiger partial charge in [0.2, 0.25) is 0 Å². The quantitative estimate of drug-likeness (QED) is 0.321. The third-order valence-corrected chi connectivity index (χ3v) is 5.21. The van der Waals surface area contributed by atoms with Crippen molar-refractivity contribution >= 4 is 29.0 Å². The van der Waals surface area contributed by atoms with Gasteiger partial charge >= 0.3 is 22.5 Å². The van der Waals surface area contributed by atoms with E-state index >= 15 is 0 Å². The van der Waals surface area contributed by atoms with Crippen LogP contribution < -0.4 is 0 Å². The number of carbonyl (C=O) groups is 1. The molecule has 0 unspecified atom stereocenters. The van der Waals surface area contributed by atoms with Crippen LogP contribution in [0.3, 0.4) is 0 Å². The fourth-order valence-corrected chi connectivity index (χ4v) is 3.49. The second-order valence-electron chi connectivity index (χ2n) is 5.01. The van der Waals surface area contributed by atoms with Crippen molar-refractivity contribution in [3.63, 3.8) is 0 Å². The Morgan fingerprint density at radius 2 is 1.42 bits per heavy atom. The van der Waals surface area contributed by atoms with Crippen molar-refractivity contribution in [2.24, 2.45) is 0 Å². The topological polar surface area (TPSA) is 123 Å². The van der Waals surface area contributed by atoms with Crippen molar-refractivity contribution in [2.75, 3.05) is 0 Å². The number of aliphatic hydroxyl groups is 1. The third kappa shape index (κ3) is 9.33. The van der Waals surface area contributed by atoms with E-state index in [4.69, 9.17) is 14.1 Å². The zero-order chi connectivity index (χ0) is 23.6. The zero-order valence-electron chi connectivity index (χ0n) is 17.4. The molecule has 0 aliphatic rings. The molecule has 4 aromatic heterocycles. The summed E-state index contributed by atoms with van der Waals surface area (Å²) in [5, 5.41) is 10.6. The Hall–Kier alpha value is -2.69. The van der Waals surface area contributed by atoms with Gasteiger partial charge in [-0.3, -0.25) is 14.8 Å². The predicted molar refractivity (Wildman–Crippen MR) is 115 cm³/mol. The average Bonchev–Trinajstić information content (AvgIpc) is 3.52. The van der Waals surface area contributed by atoms with Gasteiger partial charge in [0.15, 0.2) is 6.29 Å². The molecule has 0 spiro atoms. The number of pyridine rings is 2. The summed E-state index contributed by atoms with van der Waals surface area (Å²) in [6, 6.07) is 7.54. The molecule has 11 heteroatoms. The van der Waals surface area contributed by atoms with Crippen LogP contribution >= 0.6 is 22.7 Å². The van der Waals surface area contributed by atoms with Crippen molar-refractivity contribution in [3.05, 3.63) is 71.2 Å². The number of rotatable bonds is 4. The molecule has 0 saturated heterocycles. The van der Waals surface area contributed by atoms with Crippen molar-refractivity contribution in [2.45, 2.75) is 20.4 Å². The van der Waals surface area contributed by atoms with Crippen LogP contribution in [0.4, 0.5) is 0 Å². The first-order valence-corrected chi connectivity index (χ1v) is 11.2. The van der Waals surface area contributed by atoms with Gasteiger partial charge in [-0.05, 0) is 24.3 Å². The van der Waals surface area contributed by atoms with Gasteiger partial charge in [-0.15, -0.1) is 22.7 Å². The Labute approximate surface area is 195 Å². The molecule has 0 radical (unpaired) electrons. The first-order chi connectivity index (χ1) is 15.6. The van der Waals surface area contributed by atoms with Crippen molar-refractivity contribution in [1.82, 2.24) is 19.9 Å². The van der Waals surface area contributed by atoms with E-state index in [0.717, 1.165) is 32.3 Å². The van der Waals surface area contributed by atoms with Gasteiger partial charge in [0.05, 0.1) is 16.4 Å². The summed E-state index contributed by atoms with van der Waals surface area (Å²) in [5.74, 6) is 0. The second-order valence-corrected chi connectivity index (χ2v) is 7.38. The normalized spacial score (nSPS) is 9.42. The molecule has 0 aliphatic carbocycles. The molecule has 0 fully saturated rings. The molecule has 163 valence electrons. The summed E-state index contributed by atoms with van der Waals surface area (Å²) < 4.78 is 23.0. The van der Waals surface area contributed by atoms with E-state index in [0.29, 0.717) is 11.8 Å². The van der Waals surface area contributed by atoms with E-state index in [1.165, 1.54) is 22.7 Å². The Morgan fingerprint density at radius 1 is 0.968 bits per heavy atom. The third-order valence-electron chi connectivity index (χ3n) is 3.20. The number of aldehydes is 1. The van der Waals surface area contributed by atoms with Gasteiger partial charge < -0.3 is 5.11 Å². The number of aromatic nitrogens is 4. The number of nitrogens with zero attached hydrogens (tertiary/aromatic N) is 4. The van der Waals surface area contributed by atoms with E-state index in [1.54, 1.807) is 44.1 Å². The minimum atomic E-state index is -1.44. The minimum absolute atomic E-state index is 0.0583. The number of thiazole rings is 2. The standard InChI is InChI=1S/C9H8N2OS.C9H6N2OS.C2H6.Mn.2O/c2*12-6-8-5-11-9(13-8)7-1-3-10-4-2-7;1-2;;;/h1-5,12H,6H2;1-6H;1-2H3;;;/i;;1D;;;. The molecule has 0 amide bonds. The van der Waals surface area contributed by atoms with Crippen molar-refractivity contribution in [1.29, 1.82) is 0 Å². The molecule has 8 nitrogen and oxygen atoms in total. The van der Waals surface area contributed by atoms with Gasteiger partial charge in [0.25, 0.3) is 0 Å². The Bertz CT molecular complexity index is 1080. The van der Waals surface area contributed by atoms with Crippen LogP contribution in [0, 0.1) is 0 Å². The Morgan fingerprint density at radius 3 is 1.81 bits per heavy atom. The predicted octanol–water partition coefficient (Wildman–Crippen LogP) is 4.50. The second kappa shape index (κ2) is 16.1. The summed E-state index contributed by atoms with van der Waals surface area (Å²) in [6.07, 6.45) is 11.0. The van der Waals surface area contributed by atoms with Crippen LogP contribution in [-0.2, 0) is 29.1 Å². The summed E-state index contributed by atoms with van der Waals surface area (Å²) in [6.45, 7) is 2.35. The maximum absolute atomic E-state index is 10.4. The SMILES string of the molecule is O=Cc1cnc(-c2ccncc2)s1.OCc1cnc(-c2ccncc2)s1.[2H]CC.[O]=[Mn]=[O]. The monoisotopic (exact) mass is 500 g/mol. The van der Waals surface area contributed by atoms with Gasteiger partial charge in [0.1, 0.15) is 10.0 Å². The molecule has 0 saturated carbocycles. The summed E-state index contributed by atoms with van der Waals surface area (Å²) >= 11 is 1.44. The van der Waals surface area contributed by atoms with E-state index in [1.807, 2.05) is 24.3 Å². The van der Waals surface area contributed by atoms with Crippen LogP contribution in [0.2, 0.25) is 0 Å². The molecule has 1 N–H and O–H groups in total. The average molecular weight is 500 g/mol. The molecule has 4 heterocycles. The first-order valence-electron chi connectivity index (χ1n) is 9.30. The van der Waals surface area contributed by atoms with Crippen molar-refractivity contribution < 1.29 is 33.8 Å². The fourth-order valence-electron chi connectivity index (χ4n) is 1.98. The van der Waals surface area contributed by atoms with Crippen molar-refractivity contribution in [3.8, 4) is 21.1 Å². The maximum atomic E-state index is 10.4. The molecular weight excluding hydrogens is 479 g/mol. The van der Waals surface area contributed by atoms with Crippen LogP contribution in [0.25, 0.3) is 21.1 Å². The number of hydrogen-bond acceptors (Lipinski definition) is 10. The van der Waals surface area contributed by atoms with Gasteiger partial charge in [-0.25, -0.2) is 9.97 Å². The van der Waals surface area contributed by atoms with Crippen LogP contribution in [0.5, 0.6) is 0 Å². The van der Waals surface area contributed by atoms with Gasteiger partial charge in [0, 0.05) is 49.7 Å². The summed E-state index contributed by atoms with van der Waals surface area (Å²) in [7, 11) is 0. The van der Waals surface area contributed by atoms with E-state index in [9.17, 15) is 4.79 Å². The number of hydrogen-bond donors (Lipinski definition) is 1. The molecule has 0 atom stereocenters. The molecular formula is C20H20MnN4O4S2. The van der Waals surface area contributed by atoms with Crippen LogP contribution in [-0.4, -0.2) is 31.3 Å². The van der Waals surface area contributed by atoms with E-state index < -0.39 is 14.8 Å². The van der Waals surface area contributed by atoms with Crippen LogP contribution in [0.1, 0.15) is 29.7 Å². The molecule has 0 aromatic carbocycles. The Balaban J connectivity index is 0.000000258. The zero-order valence-corrected chi connectivity index (χ0v) is 19.2. The molecule has 4 rings (SSSR count). The van der Waals surface area contributed by atoms with E-state index in [2.05, 4.69) is 19.9 Å². The molecule has 4 aromatic rings. The molecule has 0 bridgehead atoms. The molecule has 0 aliphatic heterocycles. The van der Waals surface area contributed by atoms with Crippen LogP contribution in [0.15, 0.2) is 61.4 Å². The number of carbonyl (C=O) groups excluding carboxylic acids is 1. The summed E-state index contributed by atoms with van der Waals surface area (Å²) in [5.41, 5.74) is 2.04. The summed E-state index contributed by atoms with van der Waals surface area (Å²) in [4.78, 5) is 28.1. The van der Waals surface area contributed by atoms with E-state index in [-0.39, 0.29) is 6.61 Å². The van der Waals surface area contributed by atoms with Gasteiger partial charge in [-0.2, -0.15) is 0 Å².